The van der Waals surface area contributed by atoms with Crippen molar-refractivity contribution in [3.8, 4) is 11.5 Å². The van der Waals surface area contributed by atoms with E-state index in [0.717, 1.165) is 17.8 Å². The van der Waals surface area contributed by atoms with Crippen molar-refractivity contribution in [1.82, 2.24) is 9.88 Å². The molecule has 0 aliphatic carbocycles. The summed E-state index contributed by atoms with van der Waals surface area (Å²) in [4.78, 5) is 43.3. The number of aromatic nitrogens is 1. The summed E-state index contributed by atoms with van der Waals surface area (Å²) in [5.74, 6) is -0.292. The van der Waals surface area contributed by atoms with Crippen LogP contribution in [0.2, 0.25) is 0 Å². The Morgan fingerprint density at radius 2 is 1.90 bits per heavy atom. The summed E-state index contributed by atoms with van der Waals surface area (Å²) in [6, 6.07) is 4.83. The van der Waals surface area contributed by atoms with E-state index in [9.17, 15) is 14.4 Å². The highest BCUT2D eigenvalue weighted by atomic mass is 32.1. The number of hydrogen-bond acceptors (Lipinski definition) is 8. The first kappa shape index (κ1) is 22.5. The van der Waals surface area contributed by atoms with Crippen molar-refractivity contribution in [3.05, 3.63) is 34.8 Å². The molecule has 2 aromatic rings. The Labute approximate surface area is 184 Å². The fraction of sp³-hybridized carbons (Fsp3) is 0.429. The SMILES string of the molecule is CCOC(=O)[C@H]1CCCN(C(=O)c2csc(NC(=O)c3cc(OC)cc(OC)c3)n2)C1. The van der Waals surface area contributed by atoms with Crippen LogP contribution in [0.25, 0.3) is 0 Å². The van der Waals surface area contributed by atoms with Gasteiger partial charge in [-0.05, 0) is 31.9 Å². The third kappa shape index (κ3) is 5.52. The number of benzene rings is 1. The quantitative estimate of drug-likeness (QED) is 0.651. The molecule has 2 amide bonds. The number of rotatable bonds is 7. The summed E-state index contributed by atoms with van der Waals surface area (Å²) in [5.41, 5.74) is 0.570. The molecule has 31 heavy (non-hydrogen) atoms. The number of esters is 1. The fourth-order valence-corrected chi connectivity index (χ4v) is 3.99. The Morgan fingerprint density at radius 1 is 1.19 bits per heavy atom. The maximum absolute atomic E-state index is 12.8. The third-order valence-corrected chi connectivity index (χ3v) is 5.64. The number of ether oxygens (including phenoxy) is 3. The number of nitrogens with zero attached hydrogens (tertiary/aromatic N) is 2. The summed E-state index contributed by atoms with van der Waals surface area (Å²) in [7, 11) is 3.00. The van der Waals surface area contributed by atoms with Crippen LogP contribution < -0.4 is 14.8 Å². The van der Waals surface area contributed by atoms with E-state index in [2.05, 4.69) is 10.3 Å². The zero-order valence-corrected chi connectivity index (χ0v) is 18.5. The highest BCUT2D eigenvalue weighted by molar-refractivity contribution is 7.14. The molecule has 1 aromatic carbocycles. The number of methoxy groups -OCH3 is 2. The van der Waals surface area contributed by atoms with E-state index < -0.39 is 5.91 Å². The number of carbonyl (C=O) groups excluding carboxylic acids is 3. The molecule has 1 fully saturated rings. The Morgan fingerprint density at radius 3 is 2.55 bits per heavy atom. The predicted molar refractivity (Wildman–Crippen MR) is 115 cm³/mol. The summed E-state index contributed by atoms with van der Waals surface area (Å²) < 4.78 is 15.5. The van der Waals surface area contributed by atoms with Gasteiger partial charge in [-0.15, -0.1) is 11.3 Å². The lowest BCUT2D eigenvalue weighted by molar-refractivity contribution is -0.149. The fourth-order valence-electron chi connectivity index (χ4n) is 3.31. The van der Waals surface area contributed by atoms with Gasteiger partial charge >= 0.3 is 5.97 Å². The van der Waals surface area contributed by atoms with Crippen LogP contribution >= 0.6 is 11.3 Å². The molecule has 1 saturated heterocycles. The molecule has 2 heterocycles. The molecule has 9 nitrogen and oxygen atoms in total. The zero-order chi connectivity index (χ0) is 22.4. The molecule has 0 radical (unpaired) electrons. The molecule has 1 atom stereocenters. The minimum atomic E-state index is -0.397. The number of carbonyl (C=O) groups is 3. The Hall–Kier alpha value is -3.14. The lowest BCUT2D eigenvalue weighted by Gasteiger charge is -2.31. The molecule has 3 rings (SSSR count). The van der Waals surface area contributed by atoms with Gasteiger partial charge in [-0.25, -0.2) is 4.98 Å². The third-order valence-electron chi connectivity index (χ3n) is 4.89. The maximum atomic E-state index is 12.8. The summed E-state index contributed by atoms with van der Waals surface area (Å²) in [6.07, 6.45) is 1.42. The van der Waals surface area contributed by atoms with Crippen LogP contribution in [-0.4, -0.2) is 61.6 Å². The van der Waals surface area contributed by atoms with Gasteiger partial charge in [-0.1, -0.05) is 0 Å². The molecule has 166 valence electrons. The number of thiazole rings is 1. The van der Waals surface area contributed by atoms with E-state index in [0.29, 0.717) is 48.3 Å². The van der Waals surface area contributed by atoms with Gasteiger partial charge in [0.05, 0.1) is 26.7 Å². The van der Waals surface area contributed by atoms with E-state index in [1.54, 1.807) is 35.4 Å². The van der Waals surface area contributed by atoms with Crippen molar-refractivity contribution in [1.29, 1.82) is 0 Å². The van der Waals surface area contributed by atoms with Gasteiger partial charge in [0.15, 0.2) is 5.13 Å². The van der Waals surface area contributed by atoms with E-state index in [1.165, 1.54) is 14.2 Å². The lowest BCUT2D eigenvalue weighted by atomic mass is 9.98. The molecular weight excluding hydrogens is 422 g/mol. The summed E-state index contributed by atoms with van der Waals surface area (Å²) >= 11 is 1.16. The van der Waals surface area contributed by atoms with Crippen molar-refractivity contribution < 1.29 is 28.6 Å². The second-order valence-electron chi connectivity index (χ2n) is 6.94. The van der Waals surface area contributed by atoms with Crippen LogP contribution in [0, 0.1) is 5.92 Å². The van der Waals surface area contributed by atoms with Crippen molar-refractivity contribution in [2.24, 2.45) is 5.92 Å². The van der Waals surface area contributed by atoms with Gasteiger partial charge < -0.3 is 19.1 Å². The van der Waals surface area contributed by atoms with Crippen molar-refractivity contribution >= 4 is 34.3 Å². The van der Waals surface area contributed by atoms with E-state index in [-0.39, 0.29) is 23.5 Å². The standard InChI is InChI=1S/C21H25N3O6S/c1-4-30-20(27)13-6-5-7-24(11-13)19(26)17-12-31-21(22-17)23-18(25)14-8-15(28-2)10-16(9-14)29-3/h8-10,12-13H,4-7,11H2,1-3H3,(H,22,23,25)/t13-/m0/s1. The van der Waals surface area contributed by atoms with Crippen LogP contribution in [0.4, 0.5) is 5.13 Å². The zero-order valence-electron chi connectivity index (χ0n) is 17.7. The molecular formula is C21H25N3O6S. The highest BCUT2D eigenvalue weighted by Crippen LogP contribution is 2.25. The van der Waals surface area contributed by atoms with Gasteiger partial charge in [-0.2, -0.15) is 0 Å². The average Bonchev–Trinajstić information content (AvgIpc) is 3.26. The lowest BCUT2D eigenvalue weighted by Crippen LogP contribution is -2.43. The van der Waals surface area contributed by atoms with Crippen LogP contribution in [0.15, 0.2) is 23.6 Å². The van der Waals surface area contributed by atoms with Crippen LogP contribution in [0.3, 0.4) is 0 Å². The highest BCUT2D eigenvalue weighted by Gasteiger charge is 2.30. The number of nitrogens with one attached hydrogen (secondary N) is 1. The van der Waals surface area contributed by atoms with Crippen molar-refractivity contribution in [2.75, 3.05) is 39.2 Å². The first-order valence-corrected chi connectivity index (χ1v) is 10.8. The predicted octanol–water partition coefficient (Wildman–Crippen LogP) is 2.83. The molecule has 0 spiro atoms. The molecule has 1 aliphatic rings. The van der Waals surface area contributed by atoms with Crippen LogP contribution in [0.1, 0.15) is 40.6 Å². The Balaban J connectivity index is 1.66. The second kappa shape index (κ2) is 10.3. The second-order valence-corrected chi connectivity index (χ2v) is 7.79. The van der Waals surface area contributed by atoms with Gasteiger partial charge in [0.25, 0.3) is 11.8 Å². The van der Waals surface area contributed by atoms with Gasteiger partial charge in [0.1, 0.15) is 17.2 Å². The van der Waals surface area contributed by atoms with E-state index in [4.69, 9.17) is 14.2 Å². The average molecular weight is 448 g/mol. The Bertz CT molecular complexity index is 938. The van der Waals surface area contributed by atoms with Gasteiger partial charge in [-0.3, -0.25) is 19.7 Å². The number of amides is 2. The first-order valence-electron chi connectivity index (χ1n) is 9.91. The number of anilines is 1. The number of piperidine rings is 1. The smallest absolute Gasteiger partial charge is 0.310 e. The maximum Gasteiger partial charge on any atom is 0.310 e. The molecule has 10 heteroatoms. The molecule has 1 aromatic heterocycles. The van der Waals surface area contributed by atoms with E-state index in [1.807, 2.05) is 0 Å². The molecule has 1 aliphatic heterocycles. The Kier molecular flexibility index (Phi) is 7.45. The largest absolute Gasteiger partial charge is 0.497 e. The number of hydrogen-bond donors (Lipinski definition) is 1. The van der Waals surface area contributed by atoms with Gasteiger partial charge in [0, 0.05) is 30.1 Å². The van der Waals surface area contributed by atoms with E-state index >= 15 is 0 Å². The molecule has 0 bridgehead atoms. The molecule has 0 saturated carbocycles. The monoisotopic (exact) mass is 447 g/mol. The molecule has 0 unspecified atom stereocenters. The number of likely N-dealkylation sites (tertiary alicyclic amines) is 1. The van der Waals surface area contributed by atoms with Crippen molar-refractivity contribution in [2.45, 2.75) is 19.8 Å². The van der Waals surface area contributed by atoms with Gasteiger partial charge in [0.2, 0.25) is 0 Å². The minimum absolute atomic E-state index is 0.230. The topological polar surface area (TPSA) is 107 Å². The van der Waals surface area contributed by atoms with Crippen molar-refractivity contribution in [3.63, 3.8) is 0 Å². The van der Waals surface area contributed by atoms with Crippen LogP contribution in [-0.2, 0) is 9.53 Å². The normalized spacial score (nSPS) is 15.8. The minimum Gasteiger partial charge on any atom is -0.497 e. The summed E-state index contributed by atoms with van der Waals surface area (Å²) in [6.45, 7) is 2.94. The summed E-state index contributed by atoms with van der Waals surface area (Å²) in [5, 5.41) is 4.59. The van der Waals surface area contributed by atoms with Crippen LogP contribution in [0.5, 0.6) is 11.5 Å². The first-order chi connectivity index (χ1) is 14.9. The molecule has 1 N–H and O–H groups in total.